The maximum absolute atomic E-state index is 12.8. The van der Waals surface area contributed by atoms with Gasteiger partial charge in [-0.05, 0) is 63.9 Å². The third kappa shape index (κ3) is 3.72. The Morgan fingerprint density at radius 1 is 1.30 bits per heavy atom. The molecule has 1 aromatic heterocycles. The summed E-state index contributed by atoms with van der Waals surface area (Å²) in [7, 11) is 0. The van der Waals surface area contributed by atoms with Crippen molar-refractivity contribution in [1.29, 1.82) is 0 Å². The molecule has 0 aromatic carbocycles. The van der Waals surface area contributed by atoms with Crippen molar-refractivity contribution in [3.05, 3.63) is 30.1 Å². The zero-order valence-electron chi connectivity index (χ0n) is 14.1. The minimum atomic E-state index is -0.444. The van der Waals surface area contributed by atoms with Gasteiger partial charge in [-0.25, -0.2) is 0 Å². The fourth-order valence-corrected chi connectivity index (χ4v) is 3.55. The standard InChI is InChI=1S/C18H27N3O2/c1-18(2,21-9-3-4-10-21)17(22)20-16-13-23-12-15(16)11-14-5-7-19-8-6-14/h5-8,15-16H,3-4,9-13H2,1-2H3,(H,20,22). The van der Waals surface area contributed by atoms with E-state index in [0.717, 1.165) is 19.5 Å². The van der Waals surface area contributed by atoms with Crippen LogP contribution in [0.2, 0.25) is 0 Å². The molecular weight excluding hydrogens is 290 g/mol. The second kappa shape index (κ2) is 6.97. The molecule has 1 N–H and O–H groups in total. The summed E-state index contributed by atoms with van der Waals surface area (Å²) in [6, 6.07) is 4.16. The normalized spacial score (nSPS) is 25.7. The van der Waals surface area contributed by atoms with E-state index in [-0.39, 0.29) is 11.9 Å². The smallest absolute Gasteiger partial charge is 0.240 e. The van der Waals surface area contributed by atoms with E-state index < -0.39 is 5.54 Å². The molecule has 0 bridgehead atoms. The van der Waals surface area contributed by atoms with E-state index in [1.165, 1.54) is 18.4 Å². The second-order valence-electron chi connectivity index (χ2n) is 7.19. The first-order chi connectivity index (χ1) is 11.1. The highest BCUT2D eigenvalue weighted by Gasteiger charge is 2.39. The Morgan fingerprint density at radius 3 is 2.70 bits per heavy atom. The number of aromatic nitrogens is 1. The number of carbonyl (C=O) groups is 1. The number of nitrogens with zero attached hydrogens (tertiary/aromatic N) is 2. The van der Waals surface area contributed by atoms with Crippen LogP contribution in [0, 0.1) is 5.92 Å². The van der Waals surface area contributed by atoms with Gasteiger partial charge in [0, 0.05) is 18.3 Å². The summed E-state index contributed by atoms with van der Waals surface area (Å²) < 4.78 is 5.64. The predicted molar refractivity (Wildman–Crippen MR) is 89.1 cm³/mol. The number of likely N-dealkylation sites (tertiary alicyclic amines) is 1. The first kappa shape index (κ1) is 16.4. The molecule has 3 rings (SSSR count). The minimum Gasteiger partial charge on any atom is -0.379 e. The van der Waals surface area contributed by atoms with Gasteiger partial charge in [0.05, 0.1) is 24.8 Å². The first-order valence-corrected chi connectivity index (χ1v) is 8.60. The van der Waals surface area contributed by atoms with E-state index in [2.05, 4.69) is 15.2 Å². The molecule has 0 saturated carbocycles. The van der Waals surface area contributed by atoms with Crippen LogP contribution < -0.4 is 5.32 Å². The largest absolute Gasteiger partial charge is 0.379 e. The summed E-state index contributed by atoms with van der Waals surface area (Å²) >= 11 is 0. The van der Waals surface area contributed by atoms with E-state index in [0.29, 0.717) is 19.1 Å². The van der Waals surface area contributed by atoms with E-state index in [1.807, 2.05) is 38.4 Å². The number of nitrogens with one attached hydrogen (secondary N) is 1. The van der Waals surface area contributed by atoms with Crippen LogP contribution in [0.1, 0.15) is 32.3 Å². The van der Waals surface area contributed by atoms with Gasteiger partial charge in [-0.3, -0.25) is 14.7 Å². The Kier molecular flexibility index (Phi) is 4.97. The molecule has 0 radical (unpaired) electrons. The molecule has 5 heteroatoms. The van der Waals surface area contributed by atoms with Crippen molar-refractivity contribution in [1.82, 2.24) is 15.2 Å². The highest BCUT2D eigenvalue weighted by atomic mass is 16.5. The highest BCUT2D eigenvalue weighted by molar-refractivity contribution is 5.85. The number of hydrogen-bond acceptors (Lipinski definition) is 4. The van der Waals surface area contributed by atoms with Crippen molar-refractivity contribution in [3.63, 3.8) is 0 Å². The number of hydrogen-bond donors (Lipinski definition) is 1. The number of rotatable bonds is 5. The van der Waals surface area contributed by atoms with Crippen molar-refractivity contribution in [2.75, 3.05) is 26.3 Å². The molecule has 2 saturated heterocycles. The summed E-state index contributed by atoms with van der Waals surface area (Å²) in [6.45, 7) is 7.40. The molecule has 126 valence electrons. The quantitative estimate of drug-likeness (QED) is 0.897. The van der Waals surface area contributed by atoms with E-state index in [4.69, 9.17) is 4.74 Å². The number of carbonyl (C=O) groups excluding carboxylic acids is 1. The third-order valence-corrected chi connectivity index (χ3v) is 5.21. The van der Waals surface area contributed by atoms with Gasteiger partial charge in [-0.1, -0.05) is 0 Å². The molecule has 2 atom stereocenters. The molecule has 0 aliphatic carbocycles. The lowest BCUT2D eigenvalue weighted by Gasteiger charge is -2.35. The summed E-state index contributed by atoms with van der Waals surface area (Å²) in [6.07, 6.45) is 6.92. The van der Waals surface area contributed by atoms with E-state index in [9.17, 15) is 4.79 Å². The van der Waals surface area contributed by atoms with Crippen molar-refractivity contribution < 1.29 is 9.53 Å². The van der Waals surface area contributed by atoms with E-state index in [1.54, 1.807) is 0 Å². The van der Waals surface area contributed by atoms with Gasteiger partial charge >= 0.3 is 0 Å². The lowest BCUT2D eigenvalue weighted by atomic mass is 9.94. The molecule has 1 amide bonds. The zero-order chi connectivity index (χ0) is 16.3. The van der Waals surface area contributed by atoms with Crippen LogP contribution in [-0.2, 0) is 16.0 Å². The summed E-state index contributed by atoms with van der Waals surface area (Å²) in [5.41, 5.74) is 0.800. The number of ether oxygens (including phenoxy) is 1. The molecular formula is C18H27N3O2. The van der Waals surface area contributed by atoms with Crippen molar-refractivity contribution in [3.8, 4) is 0 Å². The van der Waals surface area contributed by atoms with Crippen LogP contribution in [0.3, 0.4) is 0 Å². The number of pyridine rings is 1. The van der Waals surface area contributed by atoms with Crippen LogP contribution >= 0.6 is 0 Å². The van der Waals surface area contributed by atoms with Gasteiger partial charge < -0.3 is 10.1 Å². The van der Waals surface area contributed by atoms with E-state index >= 15 is 0 Å². The topological polar surface area (TPSA) is 54.5 Å². The maximum atomic E-state index is 12.8. The lowest BCUT2D eigenvalue weighted by Crippen LogP contribution is -2.57. The van der Waals surface area contributed by atoms with Gasteiger partial charge in [0.25, 0.3) is 0 Å². The van der Waals surface area contributed by atoms with Gasteiger partial charge in [-0.2, -0.15) is 0 Å². The predicted octanol–water partition coefficient (Wildman–Crippen LogP) is 1.63. The molecule has 5 nitrogen and oxygen atoms in total. The minimum absolute atomic E-state index is 0.0949. The molecule has 2 unspecified atom stereocenters. The molecule has 2 aliphatic heterocycles. The summed E-state index contributed by atoms with van der Waals surface area (Å²) in [4.78, 5) is 19.1. The zero-order valence-corrected chi connectivity index (χ0v) is 14.1. The molecule has 2 aliphatic rings. The molecule has 3 heterocycles. The average Bonchev–Trinajstić information content (AvgIpc) is 3.21. The van der Waals surface area contributed by atoms with Crippen LogP contribution in [0.15, 0.2) is 24.5 Å². The fraction of sp³-hybridized carbons (Fsp3) is 0.667. The SMILES string of the molecule is CC(C)(C(=O)NC1COCC1Cc1ccncc1)N1CCCC1. The van der Waals surface area contributed by atoms with Gasteiger partial charge in [0.2, 0.25) is 5.91 Å². The summed E-state index contributed by atoms with van der Waals surface area (Å²) in [5.74, 6) is 0.449. The Balaban J connectivity index is 1.60. The number of amides is 1. The Hall–Kier alpha value is -1.46. The molecule has 0 spiro atoms. The monoisotopic (exact) mass is 317 g/mol. The van der Waals surface area contributed by atoms with Crippen molar-refractivity contribution >= 4 is 5.91 Å². The van der Waals surface area contributed by atoms with Gasteiger partial charge in [0.15, 0.2) is 0 Å². The highest BCUT2D eigenvalue weighted by Crippen LogP contribution is 2.24. The summed E-state index contributed by atoms with van der Waals surface area (Å²) in [5, 5.41) is 3.25. The molecule has 23 heavy (non-hydrogen) atoms. The Bertz CT molecular complexity index is 526. The van der Waals surface area contributed by atoms with Crippen LogP contribution in [0.25, 0.3) is 0 Å². The molecule has 2 fully saturated rings. The van der Waals surface area contributed by atoms with Crippen LogP contribution in [0.5, 0.6) is 0 Å². The fourth-order valence-electron chi connectivity index (χ4n) is 3.55. The Labute approximate surface area is 138 Å². The van der Waals surface area contributed by atoms with Crippen LogP contribution in [-0.4, -0.2) is 53.7 Å². The van der Waals surface area contributed by atoms with Crippen LogP contribution in [0.4, 0.5) is 0 Å². The maximum Gasteiger partial charge on any atom is 0.240 e. The molecule has 1 aromatic rings. The average molecular weight is 317 g/mol. The Morgan fingerprint density at radius 2 is 2.00 bits per heavy atom. The van der Waals surface area contributed by atoms with Gasteiger partial charge in [-0.15, -0.1) is 0 Å². The first-order valence-electron chi connectivity index (χ1n) is 8.60. The van der Waals surface area contributed by atoms with Crippen molar-refractivity contribution in [2.24, 2.45) is 5.92 Å². The second-order valence-corrected chi connectivity index (χ2v) is 7.19. The van der Waals surface area contributed by atoms with Gasteiger partial charge in [0.1, 0.15) is 0 Å². The third-order valence-electron chi connectivity index (χ3n) is 5.21. The van der Waals surface area contributed by atoms with Crippen molar-refractivity contribution in [2.45, 2.75) is 44.7 Å². The lowest BCUT2D eigenvalue weighted by molar-refractivity contribution is -0.132.